The van der Waals surface area contributed by atoms with Gasteiger partial charge in [-0.1, -0.05) is 41.4 Å². The van der Waals surface area contributed by atoms with Crippen molar-refractivity contribution in [1.82, 2.24) is 0 Å². The summed E-state index contributed by atoms with van der Waals surface area (Å²) in [6, 6.07) is 10.8. The van der Waals surface area contributed by atoms with Crippen LogP contribution in [0.1, 0.15) is 20.7 Å². The monoisotopic (exact) mass is 381 g/mol. The third kappa shape index (κ3) is 4.71. The molecular weight excluding hydrogens is 369 g/mol. The molecule has 1 amide bonds. The van der Waals surface area contributed by atoms with E-state index in [-0.39, 0.29) is 26.9 Å². The zero-order chi connectivity index (χ0) is 18.4. The number of hydrogen-bond donors (Lipinski definition) is 1. The van der Waals surface area contributed by atoms with Crippen LogP contribution in [-0.2, 0) is 14.3 Å². The van der Waals surface area contributed by atoms with Crippen molar-refractivity contribution < 1.29 is 23.9 Å². The average molecular weight is 382 g/mol. The number of carbonyl (C=O) groups excluding carboxylic acids is 3. The summed E-state index contributed by atoms with van der Waals surface area (Å²) >= 11 is 11.7. The van der Waals surface area contributed by atoms with Crippen molar-refractivity contribution >= 4 is 46.7 Å². The van der Waals surface area contributed by atoms with Crippen LogP contribution in [-0.4, -0.2) is 31.6 Å². The predicted molar refractivity (Wildman–Crippen MR) is 93.2 cm³/mol. The molecule has 0 atom stereocenters. The van der Waals surface area contributed by atoms with Gasteiger partial charge < -0.3 is 14.8 Å². The number of amides is 1. The van der Waals surface area contributed by atoms with Crippen molar-refractivity contribution in [3.8, 4) is 0 Å². The zero-order valence-corrected chi connectivity index (χ0v) is 14.6. The van der Waals surface area contributed by atoms with Crippen LogP contribution >= 0.6 is 23.2 Å². The quantitative estimate of drug-likeness (QED) is 0.800. The molecule has 0 aliphatic heterocycles. The van der Waals surface area contributed by atoms with Gasteiger partial charge in [-0.15, -0.1) is 0 Å². The number of methoxy groups -OCH3 is 1. The van der Waals surface area contributed by atoms with Crippen LogP contribution < -0.4 is 5.32 Å². The van der Waals surface area contributed by atoms with E-state index in [1.165, 1.54) is 37.4 Å². The van der Waals surface area contributed by atoms with Gasteiger partial charge in [0.2, 0.25) is 0 Å². The molecule has 0 heterocycles. The number of nitrogens with one attached hydrogen (secondary N) is 1. The maximum Gasteiger partial charge on any atom is 0.340 e. The van der Waals surface area contributed by atoms with Crippen LogP contribution in [0.4, 0.5) is 5.69 Å². The van der Waals surface area contributed by atoms with Gasteiger partial charge in [0.15, 0.2) is 6.61 Å². The summed E-state index contributed by atoms with van der Waals surface area (Å²) in [5.41, 5.74) is 0.482. The molecule has 0 saturated heterocycles. The van der Waals surface area contributed by atoms with E-state index in [4.69, 9.17) is 27.9 Å². The highest BCUT2D eigenvalue weighted by atomic mass is 35.5. The highest BCUT2D eigenvalue weighted by molar-refractivity contribution is 6.43. The Labute approximate surface area is 153 Å². The van der Waals surface area contributed by atoms with Gasteiger partial charge in [-0.3, -0.25) is 4.79 Å². The van der Waals surface area contributed by atoms with Crippen LogP contribution in [0.3, 0.4) is 0 Å². The van der Waals surface area contributed by atoms with Gasteiger partial charge in [0.1, 0.15) is 0 Å². The van der Waals surface area contributed by atoms with Crippen molar-refractivity contribution in [2.75, 3.05) is 19.0 Å². The number of benzene rings is 2. The lowest BCUT2D eigenvalue weighted by atomic mass is 10.2. The lowest BCUT2D eigenvalue weighted by molar-refractivity contribution is -0.119. The lowest BCUT2D eigenvalue weighted by Gasteiger charge is -2.10. The first-order chi connectivity index (χ1) is 11.9. The smallest absolute Gasteiger partial charge is 0.340 e. The van der Waals surface area contributed by atoms with E-state index >= 15 is 0 Å². The molecular formula is C17H13Cl2NO5. The van der Waals surface area contributed by atoms with Gasteiger partial charge in [0.05, 0.1) is 34.0 Å². The minimum atomic E-state index is -0.788. The van der Waals surface area contributed by atoms with Crippen LogP contribution in [0.5, 0.6) is 0 Å². The maximum absolute atomic E-state index is 12.0. The molecule has 2 aromatic rings. The molecule has 8 heteroatoms. The molecule has 6 nitrogen and oxygen atoms in total. The van der Waals surface area contributed by atoms with Gasteiger partial charge in [-0.25, -0.2) is 9.59 Å². The highest BCUT2D eigenvalue weighted by Crippen LogP contribution is 2.26. The van der Waals surface area contributed by atoms with Crippen molar-refractivity contribution in [2.24, 2.45) is 0 Å². The lowest BCUT2D eigenvalue weighted by Crippen LogP contribution is -2.22. The maximum atomic E-state index is 12.0. The Balaban J connectivity index is 2.01. The molecule has 0 saturated carbocycles. The van der Waals surface area contributed by atoms with E-state index in [1.54, 1.807) is 12.1 Å². The van der Waals surface area contributed by atoms with E-state index < -0.39 is 24.5 Å². The molecule has 2 rings (SSSR count). The molecule has 0 aliphatic carbocycles. The molecule has 130 valence electrons. The minimum absolute atomic E-state index is 0.0469. The molecule has 0 aliphatic rings. The van der Waals surface area contributed by atoms with Gasteiger partial charge in [-0.05, 0) is 24.3 Å². The third-order valence-electron chi connectivity index (χ3n) is 3.11. The normalized spacial score (nSPS) is 10.0. The minimum Gasteiger partial charge on any atom is -0.465 e. The summed E-state index contributed by atoms with van der Waals surface area (Å²) in [6.45, 7) is -0.558. The fraction of sp³-hybridized carbons (Fsp3) is 0.118. The molecule has 0 aromatic heterocycles. The summed E-state index contributed by atoms with van der Waals surface area (Å²) in [4.78, 5) is 35.6. The topological polar surface area (TPSA) is 81.7 Å². The van der Waals surface area contributed by atoms with Gasteiger partial charge >= 0.3 is 11.9 Å². The summed E-state index contributed by atoms with van der Waals surface area (Å²) in [5.74, 6) is -2.01. The molecule has 0 unspecified atom stereocenters. The molecule has 0 spiro atoms. The van der Waals surface area contributed by atoms with Crippen LogP contribution in [0.25, 0.3) is 0 Å². The fourth-order valence-corrected chi connectivity index (χ4v) is 2.31. The Morgan fingerprint density at radius 2 is 1.64 bits per heavy atom. The molecule has 0 fully saturated rings. The molecule has 0 bridgehead atoms. The van der Waals surface area contributed by atoms with E-state index in [1.807, 2.05) is 0 Å². The summed E-state index contributed by atoms with van der Waals surface area (Å²) in [6.07, 6.45) is 0. The molecule has 2 aromatic carbocycles. The Kier molecular flexibility index (Phi) is 6.38. The number of carbonyl (C=O) groups is 3. The number of anilines is 1. The third-order valence-corrected chi connectivity index (χ3v) is 3.93. The van der Waals surface area contributed by atoms with Crippen LogP contribution in [0, 0.1) is 0 Å². The number of esters is 2. The van der Waals surface area contributed by atoms with E-state index in [9.17, 15) is 14.4 Å². The summed E-state index contributed by atoms with van der Waals surface area (Å²) < 4.78 is 9.55. The number of ether oxygens (including phenoxy) is 2. The summed E-state index contributed by atoms with van der Waals surface area (Å²) in [5, 5.41) is 2.73. The van der Waals surface area contributed by atoms with Crippen LogP contribution in [0.2, 0.25) is 10.0 Å². The second kappa shape index (κ2) is 8.50. The second-order valence-corrected chi connectivity index (χ2v) is 5.55. The molecule has 0 radical (unpaired) electrons. The largest absolute Gasteiger partial charge is 0.465 e. The van der Waals surface area contributed by atoms with Gasteiger partial charge in [0.25, 0.3) is 5.91 Å². The Bertz CT molecular complexity index is 822. The zero-order valence-electron chi connectivity index (χ0n) is 13.0. The van der Waals surface area contributed by atoms with Crippen LogP contribution in [0.15, 0.2) is 42.5 Å². The van der Waals surface area contributed by atoms with Gasteiger partial charge in [-0.2, -0.15) is 0 Å². The highest BCUT2D eigenvalue weighted by Gasteiger charge is 2.17. The predicted octanol–water partition coefficient (Wildman–Crippen LogP) is 3.58. The van der Waals surface area contributed by atoms with Gasteiger partial charge in [0, 0.05) is 0 Å². The van der Waals surface area contributed by atoms with E-state index in [0.29, 0.717) is 0 Å². The first-order valence-electron chi connectivity index (χ1n) is 7.02. The molecule has 1 N–H and O–H groups in total. The van der Waals surface area contributed by atoms with E-state index in [0.717, 1.165) is 0 Å². The summed E-state index contributed by atoms with van der Waals surface area (Å²) in [7, 11) is 1.23. The Morgan fingerprint density at radius 1 is 0.960 bits per heavy atom. The Hall–Kier alpha value is -2.57. The van der Waals surface area contributed by atoms with Crippen molar-refractivity contribution in [3.05, 3.63) is 63.6 Å². The fourth-order valence-electron chi connectivity index (χ4n) is 1.94. The number of hydrogen-bond acceptors (Lipinski definition) is 5. The van der Waals surface area contributed by atoms with Crippen molar-refractivity contribution in [1.29, 1.82) is 0 Å². The van der Waals surface area contributed by atoms with Crippen molar-refractivity contribution in [2.45, 2.75) is 0 Å². The first-order valence-corrected chi connectivity index (χ1v) is 7.78. The Morgan fingerprint density at radius 3 is 2.36 bits per heavy atom. The first kappa shape index (κ1) is 18.8. The standard InChI is InChI=1S/C17H13Cl2NO5/c1-24-16(22)10-5-2-3-8-13(10)20-14(21)9-25-17(23)11-6-4-7-12(18)15(11)19/h2-8H,9H2,1H3,(H,20,21). The second-order valence-electron chi connectivity index (χ2n) is 4.76. The molecule has 25 heavy (non-hydrogen) atoms. The van der Waals surface area contributed by atoms with Crippen molar-refractivity contribution in [3.63, 3.8) is 0 Å². The average Bonchev–Trinajstić information content (AvgIpc) is 2.61. The number of para-hydroxylation sites is 1. The number of rotatable bonds is 5. The van der Waals surface area contributed by atoms with E-state index in [2.05, 4.69) is 10.1 Å². The number of halogens is 2. The SMILES string of the molecule is COC(=O)c1ccccc1NC(=O)COC(=O)c1cccc(Cl)c1Cl.